The molecule has 0 unspecified atom stereocenters. The van der Waals surface area contributed by atoms with Gasteiger partial charge in [-0.05, 0) is 18.9 Å². The molecule has 0 bridgehead atoms. The van der Waals surface area contributed by atoms with Crippen LogP contribution in [0.4, 0.5) is 10.5 Å². The molecule has 0 saturated carbocycles. The molecule has 5 heteroatoms. The minimum absolute atomic E-state index is 0.0910. The molecule has 5 nitrogen and oxygen atoms in total. The quantitative estimate of drug-likeness (QED) is 0.663. The van der Waals surface area contributed by atoms with Gasteiger partial charge in [0.2, 0.25) is 0 Å². The maximum Gasteiger partial charge on any atom is 0.326 e. The smallest absolute Gasteiger partial charge is 0.324 e. The Kier molecular flexibility index (Phi) is 3.52. The number of imidazole rings is 1. The molecule has 130 valence electrons. The largest absolute Gasteiger partial charge is 0.326 e. The zero-order valence-corrected chi connectivity index (χ0v) is 14.5. The average molecular weight is 344 g/mol. The number of likely N-dealkylation sites (tertiary alicyclic amines) is 1. The van der Waals surface area contributed by atoms with Crippen molar-refractivity contribution < 1.29 is 4.79 Å². The Morgan fingerprint density at radius 3 is 2.46 bits per heavy atom. The number of fused-ring (bicyclic) bond motifs is 3. The van der Waals surface area contributed by atoms with Crippen molar-refractivity contribution in [3.05, 3.63) is 60.8 Å². The van der Waals surface area contributed by atoms with Gasteiger partial charge >= 0.3 is 6.03 Å². The zero-order chi connectivity index (χ0) is 17.5. The summed E-state index contributed by atoms with van der Waals surface area (Å²) >= 11 is 0. The molecule has 26 heavy (non-hydrogen) atoms. The van der Waals surface area contributed by atoms with E-state index in [4.69, 9.17) is 0 Å². The van der Waals surface area contributed by atoms with Gasteiger partial charge < -0.3 is 9.47 Å². The monoisotopic (exact) mass is 344 g/mol. The van der Waals surface area contributed by atoms with E-state index in [1.54, 1.807) is 0 Å². The van der Waals surface area contributed by atoms with Crippen molar-refractivity contribution in [1.29, 1.82) is 0 Å². The number of nitrogens with zero attached hydrogens (tertiary/aromatic N) is 4. The van der Waals surface area contributed by atoms with Crippen molar-refractivity contribution in [2.45, 2.75) is 19.5 Å². The van der Waals surface area contributed by atoms with Gasteiger partial charge in [0.1, 0.15) is 12.5 Å². The summed E-state index contributed by atoms with van der Waals surface area (Å²) in [6, 6.07) is 18.3. The highest BCUT2D eigenvalue weighted by atomic mass is 16.2. The Morgan fingerprint density at radius 2 is 1.65 bits per heavy atom. The van der Waals surface area contributed by atoms with E-state index in [1.165, 1.54) is 0 Å². The van der Waals surface area contributed by atoms with Gasteiger partial charge in [0.05, 0.1) is 17.6 Å². The molecule has 2 aromatic carbocycles. The molecule has 0 aliphatic carbocycles. The lowest BCUT2D eigenvalue weighted by atomic mass is 10.1. The van der Waals surface area contributed by atoms with Crippen molar-refractivity contribution in [2.75, 3.05) is 18.0 Å². The summed E-state index contributed by atoms with van der Waals surface area (Å²) in [7, 11) is 0. The summed E-state index contributed by atoms with van der Waals surface area (Å²) in [5.41, 5.74) is 4.15. The minimum atomic E-state index is 0.0910. The summed E-state index contributed by atoms with van der Waals surface area (Å²) in [6.45, 7) is 2.19. The van der Waals surface area contributed by atoms with E-state index in [0.717, 1.165) is 54.3 Å². The van der Waals surface area contributed by atoms with Crippen LogP contribution in [0.2, 0.25) is 0 Å². The first-order valence-corrected chi connectivity index (χ1v) is 9.10. The number of carbonyl (C=O) groups is 1. The number of hydrogen-bond acceptors (Lipinski definition) is 2. The van der Waals surface area contributed by atoms with Crippen molar-refractivity contribution in [3.63, 3.8) is 0 Å². The number of amides is 2. The number of urea groups is 1. The van der Waals surface area contributed by atoms with Crippen molar-refractivity contribution >= 4 is 11.7 Å². The second-order valence-corrected chi connectivity index (χ2v) is 6.82. The van der Waals surface area contributed by atoms with Crippen molar-refractivity contribution in [1.82, 2.24) is 14.5 Å². The molecular weight excluding hydrogens is 324 g/mol. The van der Waals surface area contributed by atoms with Crippen LogP contribution in [0.5, 0.6) is 0 Å². The average Bonchev–Trinajstić information content (AvgIpc) is 3.37. The first-order valence-electron chi connectivity index (χ1n) is 9.10. The summed E-state index contributed by atoms with van der Waals surface area (Å²) in [6.07, 6.45) is 4.10. The number of carbonyl (C=O) groups excluding carboxylic acids is 1. The van der Waals surface area contributed by atoms with Crippen LogP contribution in [0, 0.1) is 0 Å². The molecule has 0 spiro atoms. The number of anilines is 1. The third kappa shape index (κ3) is 2.31. The van der Waals surface area contributed by atoms with Gasteiger partial charge in [0, 0.05) is 24.2 Å². The molecule has 3 aromatic rings. The van der Waals surface area contributed by atoms with E-state index < -0.39 is 0 Å². The number of hydrogen-bond donors (Lipinski definition) is 0. The fraction of sp³-hybridized carbons (Fsp3) is 0.238. The van der Waals surface area contributed by atoms with Crippen LogP contribution < -0.4 is 4.90 Å². The third-order valence-corrected chi connectivity index (χ3v) is 5.25. The lowest BCUT2D eigenvalue weighted by Crippen LogP contribution is -2.44. The second-order valence-electron chi connectivity index (χ2n) is 6.82. The SMILES string of the molecule is O=C(N1CCCC1)N1Cn2c(cnc2-c2ccccc2)-c2ccccc21. The highest BCUT2D eigenvalue weighted by Crippen LogP contribution is 2.38. The van der Waals surface area contributed by atoms with Gasteiger partial charge in [-0.25, -0.2) is 9.78 Å². The summed E-state index contributed by atoms with van der Waals surface area (Å²) in [5, 5.41) is 0. The standard InChI is InChI=1S/C21H20N4O/c26-21(23-12-6-7-13-23)25-15-24-19(17-10-4-5-11-18(17)25)14-22-20(24)16-8-2-1-3-9-16/h1-5,8-11,14H,6-7,12-13,15H2. The number of rotatable bonds is 1. The first-order chi connectivity index (χ1) is 12.8. The maximum atomic E-state index is 13.2. The Morgan fingerprint density at radius 1 is 0.923 bits per heavy atom. The molecular formula is C21H20N4O. The van der Waals surface area contributed by atoms with Gasteiger partial charge in [-0.2, -0.15) is 0 Å². The fourth-order valence-electron chi connectivity index (χ4n) is 3.94. The van der Waals surface area contributed by atoms with Crippen molar-refractivity contribution in [3.8, 4) is 22.6 Å². The van der Waals surface area contributed by atoms with E-state index in [9.17, 15) is 4.79 Å². The van der Waals surface area contributed by atoms with Gasteiger partial charge in [-0.3, -0.25) is 4.90 Å². The van der Waals surface area contributed by atoms with Crippen molar-refractivity contribution in [2.24, 2.45) is 0 Å². The van der Waals surface area contributed by atoms with Crippen LogP contribution in [0.3, 0.4) is 0 Å². The fourth-order valence-corrected chi connectivity index (χ4v) is 3.94. The van der Waals surface area contributed by atoms with E-state index in [2.05, 4.69) is 27.8 Å². The normalized spacial score (nSPS) is 15.7. The number of aromatic nitrogens is 2. The van der Waals surface area contributed by atoms with Gasteiger partial charge in [0.15, 0.2) is 0 Å². The first kappa shape index (κ1) is 15.2. The molecule has 1 aromatic heterocycles. The molecule has 2 aliphatic heterocycles. The van der Waals surface area contributed by atoms with E-state index in [0.29, 0.717) is 6.67 Å². The van der Waals surface area contributed by atoms with Crippen LogP contribution in [0.15, 0.2) is 60.8 Å². The van der Waals surface area contributed by atoms with E-state index in [1.807, 2.05) is 52.4 Å². The molecule has 3 heterocycles. The summed E-state index contributed by atoms with van der Waals surface area (Å²) in [4.78, 5) is 21.7. The number of benzene rings is 2. The van der Waals surface area contributed by atoms with Gasteiger partial charge in [-0.15, -0.1) is 0 Å². The summed E-state index contributed by atoms with van der Waals surface area (Å²) in [5.74, 6) is 0.898. The van der Waals surface area contributed by atoms with Crippen LogP contribution in [-0.2, 0) is 6.67 Å². The Labute approximate surface area is 152 Å². The Balaban J connectivity index is 1.62. The molecule has 2 amide bonds. The van der Waals surface area contributed by atoms with Crippen LogP contribution in [0.25, 0.3) is 22.6 Å². The Hall–Kier alpha value is -3.08. The molecule has 2 aliphatic rings. The van der Waals surface area contributed by atoms with Gasteiger partial charge in [0.25, 0.3) is 0 Å². The topological polar surface area (TPSA) is 41.4 Å². The van der Waals surface area contributed by atoms with E-state index in [-0.39, 0.29) is 6.03 Å². The minimum Gasteiger partial charge on any atom is -0.324 e. The third-order valence-electron chi connectivity index (χ3n) is 5.25. The van der Waals surface area contributed by atoms with Crippen LogP contribution in [0.1, 0.15) is 12.8 Å². The molecule has 1 fully saturated rings. The van der Waals surface area contributed by atoms with Crippen LogP contribution >= 0.6 is 0 Å². The molecule has 5 rings (SSSR count). The lowest BCUT2D eigenvalue weighted by Gasteiger charge is -2.34. The molecule has 0 radical (unpaired) electrons. The zero-order valence-electron chi connectivity index (χ0n) is 14.5. The second kappa shape index (κ2) is 6.02. The summed E-state index contributed by atoms with van der Waals surface area (Å²) < 4.78 is 2.14. The van der Waals surface area contributed by atoms with Gasteiger partial charge in [-0.1, -0.05) is 48.5 Å². The number of para-hydroxylation sites is 1. The van der Waals surface area contributed by atoms with Crippen LogP contribution in [-0.4, -0.2) is 33.6 Å². The maximum absolute atomic E-state index is 13.2. The lowest BCUT2D eigenvalue weighted by molar-refractivity contribution is 0.213. The highest BCUT2D eigenvalue weighted by molar-refractivity contribution is 5.97. The molecule has 0 atom stereocenters. The Bertz CT molecular complexity index is 944. The predicted molar refractivity (Wildman–Crippen MR) is 102 cm³/mol. The molecule has 0 N–H and O–H groups in total. The molecule has 1 saturated heterocycles. The highest BCUT2D eigenvalue weighted by Gasteiger charge is 2.32. The predicted octanol–water partition coefficient (Wildman–Crippen LogP) is 4.21. The van der Waals surface area contributed by atoms with E-state index >= 15 is 0 Å².